The fourth-order valence-electron chi connectivity index (χ4n) is 3.75. The van der Waals surface area contributed by atoms with Crippen LogP contribution in [0.2, 0.25) is 0 Å². The van der Waals surface area contributed by atoms with Gasteiger partial charge in [0, 0.05) is 25.2 Å². The highest BCUT2D eigenvalue weighted by Crippen LogP contribution is 2.19. The molecule has 2 aliphatic rings. The molecule has 2 fully saturated rings. The molecule has 1 saturated carbocycles. The zero-order valence-corrected chi connectivity index (χ0v) is 14.1. The summed E-state index contributed by atoms with van der Waals surface area (Å²) < 4.78 is 0. The Morgan fingerprint density at radius 3 is 2.57 bits per heavy atom. The summed E-state index contributed by atoms with van der Waals surface area (Å²) in [6.45, 7) is 8.53. The van der Waals surface area contributed by atoms with Crippen LogP contribution in [0.3, 0.4) is 0 Å². The summed E-state index contributed by atoms with van der Waals surface area (Å²) in [6.07, 6.45) is 7.48. The van der Waals surface area contributed by atoms with E-state index < -0.39 is 0 Å². The number of nitrogens with one attached hydrogen (secondary N) is 1. The average molecular weight is 295 g/mol. The van der Waals surface area contributed by atoms with E-state index in [-0.39, 0.29) is 5.91 Å². The lowest BCUT2D eigenvalue weighted by Gasteiger charge is -2.25. The first-order chi connectivity index (χ1) is 10.0. The minimum Gasteiger partial charge on any atom is -0.352 e. The van der Waals surface area contributed by atoms with Crippen molar-refractivity contribution in [2.45, 2.75) is 64.5 Å². The van der Waals surface area contributed by atoms with Crippen molar-refractivity contribution >= 4 is 5.91 Å². The van der Waals surface area contributed by atoms with E-state index >= 15 is 0 Å². The smallest absolute Gasteiger partial charge is 0.234 e. The van der Waals surface area contributed by atoms with Crippen LogP contribution in [0, 0.1) is 5.92 Å². The third kappa shape index (κ3) is 5.59. The summed E-state index contributed by atoms with van der Waals surface area (Å²) in [5.41, 5.74) is 0. The molecule has 1 aliphatic carbocycles. The zero-order chi connectivity index (χ0) is 15.2. The van der Waals surface area contributed by atoms with Gasteiger partial charge < -0.3 is 10.2 Å². The van der Waals surface area contributed by atoms with Crippen LogP contribution < -0.4 is 5.32 Å². The Morgan fingerprint density at radius 2 is 1.95 bits per heavy atom. The van der Waals surface area contributed by atoms with Crippen molar-refractivity contribution in [3.8, 4) is 0 Å². The normalized spacial score (nSPS) is 24.9. The van der Waals surface area contributed by atoms with E-state index in [1.54, 1.807) is 0 Å². The first kappa shape index (κ1) is 16.8. The third-order valence-electron chi connectivity index (χ3n) is 5.00. The van der Waals surface area contributed by atoms with Gasteiger partial charge in [0.1, 0.15) is 0 Å². The number of carbonyl (C=O) groups is 1. The monoisotopic (exact) mass is 295 g/mol. The van der Waals surface area contributed by atoms with Gasteiger partial charge in [-0.25, -0.2) is 0 Å². The number of likely N-dealkylation sites (N-methyl/N-ethyl adjacent to an activating group) is 1. The van der Waals surface area contributed by atoms with Crippen molar-refractivity contribution in [2.24, 2.45) is 5.92 Å². The molecule has 0 bridgehead atoms. The van der Waals surface area contributed by atoms with E-state index in [1.807, 2.05) is 0 Å². The van der Waals surface area contributed by atoms with Gasteiger partial charge in [0.15, 0.2) is 0 Å². The quantitative estimate of drug-likeness (QED) is 0.815. The van der Waals surface area contributed by atoms with Crippen LogP contribution in [0.25, 0.3) is 0 Å². The van der Waals surface area contributed by atoms with Gasteiger partial charge >= 0.3 is 0 Å². The highest BCUT2D eigenvalue weighted by Gasteiger charge is 2.25. The number of amides is 1. The minimum absolute atomic E-state index is 0.211. The molecule has 0 aromatic heterocycles. The van der Waals surface area contributed by atoms with Crippen LogP contribution in [-0.4, -0.2) is 61.0 Å². The standard InChI is InChI=1S/C17H33N3O/c1-14(2)20-10-9-15(12-20)11-19(3)13-17(21)18-16-7-5-4-6-8-16/h14-16H,4-13H2,1-3H3,(H,18,21). The molecule has 0 aromatic rings. The van der Waals surface area contributed by atoms with Gasteiger partial charge in [-0.2, -0.15) is 0 Å². The molecular formula is C17H33N3O. The summed E-state index contributed by atoms with van der Waals surface area (Å²) in [7, 11) is 2.08. The highest BCUT2D eigenvalue weighted by atomic mass is 16.2. The molecule has 4 nitrogen and oxygen atoms in total. The first-order valence-electron chi connectivity index (χ1n) is 8.76. The average Bonchev–Trinajstić information content (AvgIpc) is 2.88. The van der Waals surface area contributed by atoms with E-state index in [4.69, 9.17) is 0 Å². The maximum Gasteiger partial charge on any atom is 0.234 e. The summed E-state index contributed by atoms with van der Waals surface area (Å²) in [5, 5.41) is 3.21. The SMILES string of the molecule is CC(C)N1CCC(CN(C)CC(=O)NC2CCCCC2)C1. The van der Waals surface area contributed by atoms with E-state index in [1.165, 1.54) is 51.6 Å². The van der Waals surface area contributed by atoms with Crippen LogP contribution in [0.5, 0.6) is 0 Å². The van der Waals surface area contributed by atoms with Gasteiger partial charge in [0.05, 0.1) is 6.54 Å². The lowest BCUT2D eigenvalue weighted by molar-refractivity contribution is -0.123. The Labute approximate surface area is 130 Å². The largest absolute Gasteiger partial charge is 0.352 e. The molecule has 1 N–H and O–H groups in total. The van der Waals surface area contributed by atoms with Crippen molar-refractivity contribution in [3.63, 3.8) is 0 Å². The summed E-state index contributed by atoms with van der Waals surface area (Å²) >= 11 is 0. The molecule has 1 saturated heterocycles. The molecule has 21 heavy (non-hydrogen) atoms. The maximum absolute atomic E-state index is 12.1. The number of likely N-dealkylation sites (tertiary alicyclic amines) is 1. The Hall–Kier alpha value is -0.610. The van der Waals surface area contributed by atoms with Gasteiger partial charge in [-0.1, -0.05) is 19.3 Å². The molecule has 0 aromatic carbocycles. The van der Waals surface area contributed by atoms with Crippen LogP contribution in [0.15, 0.2) is 0 Å². The lowest BCUT2D eigenvalue weighted by Crippen LogP contribution is -2.43. The predicted molar refractivity (Wildman–Crippen MR) is 87.3 cm³/mol. The molecule has 0 spiro atoms. The van der Waals surface area contributed by atoms with Gasteiger partial charge in [-0.3, -0.25) is 9.69 Å². The summed E-state index contributed by atoms with van der Waals surface area (Å²) in [4.78, 5) is 16.8. The van der Waals surface area contributed by atoms with E-state index in [9.17, 15) is 4.79 Å². The minimum atomic E-state index is 0.211. The second-order valence-electron chi connectivity index (χ2n) is 7.34. The van der Waals surface area contributed by atoms with Crippen molar-refractivity contribution in [3.05, 3.63) is 0 Å². The van der Waals surface area contributed by atoms with Crippen molar-refractivity contribution in [1.82, 2.24) is 15.1 Å². The van der Waals surface area contributed by atoms with Crippen LogP contribution in [0.4, 0.5) is 0 Å². The van der Waals surface area contributed by atoms with Gasteiger partial charge in [-0.15, -0.1) is 0 Å². The topological polar surface area (TPSA) is 35.6 Å². The maximum atomic E-state index is 12.1. The zero-order valence-electron chi connectivity index (χ0n) is 14.1. The van der Waals surface area contributed by atoms with Crippen LogP contribution >= 0.6 is 0 Å². The van der Waals surface area contributed by atoms with E-state index in [0.29, 0.717) is 18.6 Å². The molecule has 122 valence electrons. The Morgan fingerprint density at radius 1 is 1.24 bits per heavy atom. The number of hydrogen-bond acceptors (Lipinski definition) is 3. The number of rotatable bonds is 6. The molecule has 2 rings (SSSR count). The van der Waals surface area contributed by atoms with Gasteiger partial charge in [0.25, 0.3) is 0 Å². The van der Waals surface area contributed by atoms with E-state index in [2.05, 4.69) is 36.0 Å². The Kier molecular flexibility index (Phi) is 6.49. The predicted octanol–water partition coefficient (Wildman–Crippen LogP) is 2.10. The number of nitrogens with zero attached hydrogens (tertiary/aromatic N) is 2. The van der Waals surface area contributed by atoms with Crippen LogP contribution in [0.1, 0.15) is 52.4 Å². The molecule has 1 heterocycles. The Balaban J connectivity index is 1.64. The first-order valence-corrected chi connectivity index (χ1v) is 8.76. The molecule has 0 radical (unpaired) electrons. The molecule has 4 heteroatoms. The van der Waals surface area contributed by atoms with E-state index in [0.717, 1.165) is 12.5 Å². The lowest BCUT2D eigenvalue weighted by atomic mass is 9.95. The molecule has 1 atom stereocenters. The molecular weight excluding hydrogens is 262 g/mol. The molecule has 1 aliphatic heterocycles. The highest BCUT2D eigenvalue weighted by molar-refractivity contribution is 5.78. The fraction of sp³-hybridized carbons (Fsp3) is 0.941. The third-order valence-corrected chi connectivity index (χ3v) is 5.00. The fourth-order valence-corrected chi connectivity index (χ4v) is 3.75. The van der Waals surface area contributed by atoms with Gasteiger partial charge in [0.2, 0.25) is 5.91 Å². The summed E-state index contributed by atoms with van der Waals surface area (Å²) in [6, 6.07) is 1.08. The second kappa shape index (κ2) is 8.14. The molecule has 1 amide bonds. The number of hydrogen-bond donors (Lipinski definition) is 1. The number of carbonyl (C=O) groups excluding carboxylic acids is 1. The van der Waals surface area contributed by atoms with Crippen molar-refractivity contribution in [2.75, 3.05) is 33.2 Å². The van der Waals surface area contributed by atoms with Crippen molar-refractivity contribution < 1.29 is 4.79 Å². The van der Waals surface area contributed by atoms with Gasteiger partial charge in [-0.05, 0) is 52.6 Å². The second-order valence-corrected chi connectivity index (χ2v) is 7.34. The Bertz CT molecular complexity index is 326. The summed E-state index contributed by atoms with van der Waals surface area (Å²) in [5.74, 6) is 0.933. The van der Waals surface area contributed by atoms with Crippen molar-refractivity contribution in [1.29, 1.82) is 0 Å². The van der Waals surface area contributed by atoms with Crippen LogP contribution in [-0.2, 0) is 4.79 Å². The molecule has 1 unspecified atom stereocenters.